The van der Waals surface area contributed by atoms with Crippen molar-refractivity contribution in [1.82, 2.24) is 9.97 Å². The molecule has 2 unspecified atom stereocenters. The van der Waals surface area contributed by atoms with Crippen LogP contribution in [0.1, 0.15) is 19.4 Å². The van der Waals surface area contributed by atoms with Crippen LogP contribution in [0.3, 0.4) is 0 Å². The minimum absolute atomic E-state index is 0.148. The molecule has 0 aliphatic rings. The van der Waals surface area contributed by atoms with Crippen molar-refractivity contribution >= 4 is 23.4 Å². The number of ether oxygens (including phenoxy) is 1. The molecular weight excluding hydrogens is 346 g/mol. The van der Waals surface area contributed by atoms with Crippen molar-refractivity contribution in [3.8, 4) is 5.88 Å². The Balaban J connectivity index is 2.11. The second-order valence-corrected chi connectivity index (χ2v) is 6.21. The van der Waals surface area contributed by atoms with Gasteiger partial charge in [0.1, 0.15) is 11.3 Å². The Morgan fingerprint density at radius 3 is 2.74 bits per heavy atom. The average molecular weight is 361 g/mol. The molecule has 8 heteroatoms. The molecule has 0 saturated carbocycles. The van der Waals surface area contributed by atoms with Gasteiger partial charge < -0.3 is 9.84 Å². The Bertz CT molecular complexity index is 689. The van der Waals surface area contributed by atoms with E-state index in [1.54, 1.807) is 13.8 Å². The van der Waals surface area contributed by atoms with Gasteiger partial charge in [0, 0.05) is 17.4 Å². The third-order valence-corrected chi connectivity index (χ3v) is 4.11. The van der Waals surface area contributed by atoms with Crippen molar-refractivity contribution in [2.45, 2.75) is 37.0 Å². The number of aliphatic hydroxyl groups is 1. The highest BCUT2D eigenvalue weighted by atomic mass is 35.5. The molecule has 0 spiro atoms. The monoisotopic (exact) mass is 360 g/mol. The van der Waals surface area contributed by atoms with Gasteiger partial charge in [0.25, 0.3) is 0 Å². The maximum atomic E-state index is 13.6. The predicted octanol–water partition coefficient (Wildman–Crippen LogP) is 3.85. The van der Waals surface area contributed by atoms with Crippen LogP contribution in [0.2, 0.25) is 5.15 Å². The highest BCUT2D eigenvalue weighted by Gasteiger charge is 2.14. The van der Waals surface area contributed by atoms with E-state index in [1.165, 1.54) is 18.2 Å². The van der Waals surface area contributed by atoms with Crippen molar-refractivity contribution in [2.75, 3.05) is 0 Å². The van der Waals surface area contributed by atoms with Crippen LogP contribution >= 0.6 is 23.4 Å². The molecule has 1 N–H and O–H groups in total. The summed E-state index contributed by atoms with van der Waals surface area (Å²) >= 11 is 7.01. The first-order chi connectivity index (χ1) is 10.9. The van der Waals surface area contributed by atoms with Gasteiger partial charge in [0.15, 0.2) is 16.8 Å². The third-order valence-electron chi connectivity index (χ3n) is 3.03. The summed E-state index contributed by atoms with van der Waals surface area (Å²) in [6.45, 7) is 3.28. The minimum Gasteiger partial charge on any atom is -0.472 e. The van der Waals surface area contributed by atoms with Gasteiger partial charge in [-0.1, -0.05) is 35.5 Å². The number of nitrogens with zero attached hydrogens (tertiary/aromatic N) is 2. The molecule has 0 aliphatic carbocycles. The lowest BCUT2D eigenvalue weighted by Gasteiger charge is -2.16. The first kappa shape index (κ1) is 17.9. The lowest BCUT2D eigenvalue weighted by atomic mass is 10.2. The Morgan fingerprint density at radius 1 is 1.30 bits per heavy atom. The molecule has 0 radical (unpaired) electrons. The van der Waals surface area contributed by atoms with Crippen LogP contribution in [0.5, 0.6) is 5.88 Å². The summed E-state index contributed by atoms with van der Waals surface area (Å²) in [5.41, 5.74) is 0.207. The molecule has 124 valence electrons. The van der Waals surface area contributed by atoms with E-state index < -0.39 is 23.8 Å². The molecule has 0 saturated heterocycles. The minimum atomic E-state index is -0.898. The summed E-state index contributed by atoms with van der Waals surface area (Å²) < 4.78 is 32.2. The van der Waals surface area contributed by atoms with Crippen LogP contribution in [0, 0.1) is 11.6 Å². The molecule has 0 bridgehead atoms. The van der Waals surface area contributed by atoms with Crippen molar-refractivity contribution in [3.63, 3.8) is 0 Å². The largest absolute Gasteiger partial charge is 0.472 e. The average Bonchev–Trinajstić information content (AvgIpc) is 2.48. The van der Waals surface area contributed by atoms with Gasteiger partial charge in [-0.25, -0.2) is 13.8 Å². The van der Waals surface area contributed by atoms with Crippen molar-refractivity contribution < 1.29 is 18.6 Å². The summed E-state index contributed by atoms with van der Waals surface area (Å²) in [5, 5.41) is 9.88. The van der Waals surface area contributed by atoms with Crippen molar-refractivity contribution in [2.24, 2.45) is 0 Å². The summed E-state index contributed by atoms with van der Waals surface area (Å²) in [7, 11) is 0. The molecule has 2 aromatic rings. The predicted molar refractivity (Wildman–Crippen MR) is 84.7 cm³/mol. The van der Waals surface area contributed by atoms with E-state index in [0.29, 0.717) is 0 Å². The molecule has 0 aliphatic heterocycles. The van der Waals surface area contributed by atoms with Crippen LogP contribution in [0.15, 0.2) is 29.4 Å². The number of benzene rings is 1. The maximum Gasteiger partial charge on any atom is 0.219 e. The summed E-state index contributed by atoms with van der Waals surface area (Å²) in [4.78, 5) is 8.15. The number of aliphatic hydroxyl groups excluding tert-OH is 1. The number of aromatic nitrogens is 2. The van der Waals surface area contributed by atoms with E-state index in [-0.39, 0.29) is 27.5 Å². The van der Waals surface area contributed by atoms with E-state index in [1.807, 2.05) is 0 Å². The Labute approximate surface area is 141 Å². The van der Waals surface area contributed by atoms with Crippen LogP contribution in [0.4, 0.5) is 8.78 Å². The molecule has 1 aromatic heterocycles. The number of hydrogen-bond donors (Lipinski definition) is 1. The van der Waals surface area contributed by atoms with Crippen LogP contribution in [-0.4, -0.2) is 27.3 Å². The van der Waals surface area contributed by atoms with Gasteiger partial charge >= 0.3 is 0 Å². The fourth-order valence-corrected chi connectivity index (χ4v) is 2.64. The normalized spacial score (nSPS) is 13.7. The Hall–Kier alpha value is -1.44. The quantitative estimate of drug-likeness (QED) is 0.482. The van der Waals surface area contributed by atoms with E-state index in [0.717, 1.165) is 17.8 Å². The van der Waals surface area contributed by atoms with Gasteiger partial charge in [-0.05, 0) is 19.9 Å². The standard InChI is InChI=1S/C15H15ClF2N2O2S/c1-8(21)9(2)22-13-6-12(16)19-15(20-13)23-7-10-4-3-5-11(17)14(10)18/h3-6,8-9,21H,7H2,1-2H3. The number of rotatable bonds is 6. The van der Waals surface area contributed by atoms with Gasteiger partial charge in [-0.3, -0.25) is 0 Å². The van der Waals surface area contributed by atoms with Gasteiger partial charge in [0.2, 0.25) is 5.88 Å². The fraction of sp³-hybridized carbons (Fsp3) is 0.333. The second kappa shape index (κ2) is 7.90. The van der Waals surface area contributed by atoms with Crippen LogP contribution < -0.4 is 4.74 Å². The van der Waals surface area contributed by atoms with Crippen molar-refractivity contribution in [1.29, 1.82) is 0 Å². The first-order valence-electron chi connectivity index (χ1n) is 6.82. The van der Waals surface area contributed by atoms with E-state index in [4.69, 9.17) is 16.3 Å². The summed E-state index contributed by atoms with van der Waals surface area (Å²) in [6, 6.07) is 5.41. The highest BCUT2D eigenvalue weighted by molar-refractivity contribution is 7.98. The zero-order valence-electron chi connectivity index (χ0n) is 12.5. The van der Waals surface area contributed by atoms with E-state index in [2.05, 4.69) is 9.97 Å². The second-order valence-electron chi connectivity index (χ2n) is 4.88. The molecule has 4 nitrogen and oxygen atoms in total. The zero-order chi connectivity index (χ0) is 17.0. The van der Waals surface area contributed by atoms with Gasteiger partial charge in [-0.2, -0.15) is 4.98 Å². The molecule has 0 fully saturated rings. The molecule has 1 heterocycles. The zero-order valence-corrected chi connectivity index (χ0v) is 14.0. The van der Waals surface area contributed by atoms with Gasteiger partial charge in [0.05, 0.1) is 6.10 Å². The third kappa shape index (κ3) is 5.02. The highest BCUT2D eigenvalue weighted by Crippen LogP contribution is 2.26. The van der Waals surface area contributed by atoms with E-state index in [9.17, 15) is 13.9 Å². The molecule has 2 atom stereocenters. The summed E-state index contributed by atoms with van der Waals surface area (Å²) in [6.07, 6.45) is -1.15. The first-order valence-corrected chi connectivity index (χ1v) is 8.18. The Morgan fingerprint density at radius 2 is 2.04 bits per heavy atom. The molecule has 0 amide bonds. The molecule has 1 aromatic carbocycles. The number of halogens is 3. The fourth-order valence-electron chi connectivity index (χ4n) is 1.59. The van der Waals surface area contributed by atoms with Gasteiger partial charge in [-0.15, -0.1) is 0 Å². The maximum absolute atomic E-state index is 13.6. The number of hydrogen-bond acceptors (Lipinski definition) is 5. The lowest BCUT2D eigenvalue weighted by Crippen LogP contribution is -2.26. The van der Waals surface area contributed by atoms with Crippen molar-refractivity contribution in [3.05, 3.63) is 46.6 Å². The van der Waals surface area contributed by atoms with Crippen LogP contribution in [0.25, 0.3) is 0 Å². The van der Waals surface area contributed by atoms with Crippen LogP contribution in [-0.2, 0) is 5.75 Å². The number of thioether (sulfide) groups is 1. The molecular formula is C15H15ClF2N2O2S. The molecule has 2 rings (SSSR count). The topological polar surface area (TPSA) is 55.2 Å². The Kier molecular flexibility index (Phi) is 6.15. The molecule has 23 heavy (non-hydrogen) atoms. The van der Waals surface area contributed by atoms with E-state index >= 15 is 0 Å². The lowest BCUT2D eigenvalue weighted by molar-refractivity contribution is 0.0569. The summed E-state index contributed by atoms with van der Waals surface area (Å²) in [5.74, 6) is -1.43. The SMILES string of the molecule is CC(O)C(C)Oc1cc(Cl)nc(SCc2cccc(F)c2F)n1. The smallest absolute Gasteiger partial charge is 0.219 e.